The Labute approximate surface area is 555 Å². The van der Waals surface area contributed by atoms with E-state index >= 15 is 0 Å². The number of aliphatic hydroxyl groups is 22. The lowest BCUT2D eigenvalue weighted by Crippen LogP contribution is -2.69. The first-order chi connectivity index (χ1) is 46.9. The zero-order chi connectivity index (χ0) is 70.3. The highest BCUT2D eigenvalue weighted by Gasteiger charge is 2.61. The number of aliphatic hydroxyl groups excluding tert-OH is 22. The van der Waals surface area contributed by atoms with Crippen molar-refractivity contribution in [1.82, 2.24) is 0 Å². The van der Waals surface area contributed by atoms with Gasteiger partial charge in [0.25, 0.3) is 0 Å². The minimum atomic E-state index is -2.24. The SMILES string of the molecule is OC[C@H]1O[C@@H]2O[C@H]3[C@H](O)[C@@H](O)[C@@H](O[C@H]4[C@H](O)[C@@H](O)[C@@H](O[C@H]5[C@H](O)[C@@H](O)[C@@H](O[C@H]6[C@@H](O)[C@H](O)[C@@H](O[C@H]7[C@H](O)[C@H](O)[C@@H](O[C@H]8[C@@H](O)[C@H](O)[C@@H](O[C@H]9[C@@H](O)[C@H](O)[C@@H](O[C@H]1[C@H](O)[C@H]2O)O[C@@H]9CO)O[C@@H]8CO)O[C@@H]7C[n+]1ccccc1)O[C@@H]6CO)O[C@@H]5C[n+]1ccccc1)O[C@@H]4CO)O[C@@H]3CO. The monoisotopic (exact) mass is 1420 g/mol. The summed E-state index contributed by atoms with van der Waals surface area (Å²) in [5.74, 6) is 0. The summed E-state index contributed by atoms with van der Waals surface area (Å²) >= 11 is 0. The van der Waals surface area contributed by atoms with Gasteiger partial charge in [-0.05, 0) is 0 Å². The molecule has 16 bridgehead atoms. The van der Waals surface area contributed by atoms with Crippen LogP contribution in [0.4, 0.5) is 0 Å². The molecular formula is C58H88N2O38+2. The van der Waals surface area contributed by atoms with E-state index in [0.29, 0.717) is 0 Å². The van der Waals surface area contributed by atoms with Crippen molar-refractivity contribution in [2.75, 3.05) is 39.6 Å². The van der Waals surface area contributed by atoms with E-state index in [1.807, 2.05) is 0 Å². The lowest BCUT2D eigenvalue weighted by Gasteiger charge is -2.50. The van der Waals surface area contributed by atoms with Gasteiger partial charge in [0.1, 0.15) is 195 Å². The molecule has 2 aromatic heterocycles. The van der Waals surface area contributed by atoms with Crippen LogP contribution < -0.4 is 9.13 Å². The summed E-state index contributed by atoms with van der Waals surface area (Å²) in [4.78, 5) is 0. The average molecular weight is 1420 g/mol. The number of hydrogen-bond acceptors (Lipinski definition) is 38. The Morgan fingerprint density at radius 2 is 0.327 bits per heavy atom. The van der Waals surface area contributed by atoms with E-state index in [4.69, 9.17) is 75.8 Å². The van der Waals surface area contributed by atoms with Crippen LogP contribution in [0.2, 0.25) is 0 Å². The van der Waals surface area contributed by atoms with Crippen molar-refractivity contribution < 1.29 is 197 Å². The maximum Gasteiger partial charge on any atom is 0.187 e. The van der Waals surface area contributed by atoms with E-state index in [1.54, 1.807) is 61.2 Å². The Kier molecular flexibility index (Phi) is 25.4. The molecule has 0 saturated carbocycles. The first-order valence-corrected chi connectivity index (χ1v) is 31.8. The fraction of sp³-hybridized carbons (Fsp3) is 0.828. The summed E-state index contributed by atoms with van der Waals surface area (Å²) in [6.45, 7) is -6.85. The molecule has 22 N–H and O–H groups in total. The molecule has 32 heterocycles. The van der Waals surface area contributed by atoms with Crippen LogP contribution >= 0.6 is 0 Å². The highest BCUT2D eigenvalue weighted by Crippen LogP contribution is 2.40. The molecule has 0 radical (unpaired) electrons. The summed E-state index contributed by atoms with van der Waals surface area (Å²) in [6, 6.07) is 9.80. The molecule has 30 aliphatic heterocycles. The van der Waals surface area contributed by atoms with E-state index in [9.17, 15) is 112 Å². The van der Waals surface area contributed by atoms with Gasteiger partial charge in [0.2, 0.25) is 0 Å². The van der Waals surface area contributed by atoms with Gasteiger partial charge in [-0.2, -0.15) is 0 Å². The fourth-order valence-electron chi connectivity index (χ4n) is 13.4. The maximum absolute atomic E-state index is 11.9. The number of nitrogens with zero attached hydrogens (tertiary/aromatic N) is 2. The molecule has 40 nitrogen and oxygen atoms in total. The predicted octanol–water partition coefficient (Wildman–Crippen LogP) is -15.4. The van der Waals surface area contributed by atoms with Crippen LogP contribution in [0, 0.1) is 0 Å². The molecule has 0 amide bonds. The van der Waals surface area contributed by atoms with Crippen LogP contribution in [0.5, 0.6) is 0 Å². The third-order valence-electron chi connectivity index (χ3n) is 18.9. The van der Waals surface area contributed by atoms with Crippen molar-refractivity contribution in [3.8, 4) is 0 Å². The molecule has 32 rings (SSSR count). The van der Waals surface area contributed by atoms with Gasteiger partial charge in [0.15, 0.2) is 88.2 Å². The smallest absolute Gasteiger partial charge is 0.187 e. The lowest BCUT2D eigenvalue weighted by atomic mass is 9.94. The first kappa shape index (κ1) is 75.9. The van der Waals surface area contributed by atoms with E-state index in [0.717, 1.165) is 0 Å². The molecule has 30 aliphatic rings. The number of ether oxygens (including phenoxy) is 16. The van der Waals surface area contributed by atoms with Crippen molar-refractivity contribution in [2.45, 2.75) is 259 Å². The van der Waals surface area contributed by atoms with Crippen LogP contribution in [0.1, 0.15) is 0 Å². The number of rotatable bonds is 10. The molecule has 556 valence electrons. The second kappa shape index (κ2) is 32.8. The first-order valence-electron chi connectivity index (χ1n) is 31.8. The molecule has 2 aromatic rings. The molecule has 0 aromatic carbocycles. The van der Waals surface area contributed by atoms with Crippen LogP contribution in [0.15, 0.2) is 61.2 Å². The maximum atomic E-state index is 11.9. The molecule has 40 atom stereocenters. The van der Waals surface area contributed by atoms with E-state index in [2.05, 4.69) is 0 Å². The van der Waals surface area contributed by atoms with Gasteiger partial charge in [0, 0.05) is 24.3 Å². The lowest BCUT2D eigenvalue weighted by molar-refractivity contribution is -0.707. The number of aromatic nitrogens is 2. The molecule has 0 unspecified atom stereocenters. The van der Waals surface area contributed by atoms with Gasteiger partial charge >= 0.3 is 0 Å². The van der Waals surface area contributed by atoms with Crippen molar-refractivity contribution in [3.63, 3.8) is 0 Å². The van der Waals surface area contributed by atoms with Crippen LogP contribution in [-0.2, 0) is 88.9 Å². The quantitative estimate of drug-likeness (QED) is 0.0982. The largest absolute Gasteiger partial charge is 0.394 e. The Hall–Kier alpha value is -3.22. The topological polar surface area (TPSA) is 601 Å². The van der Waals surface area contributed by atoms with Gasteiger partial charge in [-0.1, -0.05) is 12.1 Å². The van der Waals surface area contributed by atoms with Gasteiger partial charge < -0.3 is 188 Å². The summed E-state index contributed by atoms with van der Waals surface area (Å²) in [7, 11) is 0. The second-order valence-corrected chi connectivity index (χ2v) is 25.2. The molecule has 40 heteroatoms. The minimum absolute atomic E-state index is 0.263. The molecule has 98 heavy (non-hydrogen) atoms. The molecule has 0 aliphatic carbocycles. The Morgan fingerprint density at radius 1 is 0.184 bits per heavy atom. The zero-order valence-corrected chi connectivity index (χ0v) is 51.8. The van der Waals surface area contributed by atoms with E-state index in [-0.39, 0.29) is 13.1 Å². The minimum Gasteiger partial charge on any atom is -0.394 e. The Morgan fingerprint density at radius 3 is 0.480 bits per heavy atom. The van der Waals surface area contributed by atoms with E-state index in [1.165, 1.54) is 9.13 Å². The van der Waals surface area contributed by atoms with Crippen LogP contribution in [0.25, 0.3) is 0 Å². The van der Waals surface area contributed by atoms with Gasteiger partial charge in [-0.3, -0.25) is 0 Å². The van der Waals surface area contributed by atoms with Crippen LogP contribution in [0.3, 0.4) is 0 Å². The third kappa shape index (κ3) is 15.5. The number of pyridine rings is 2. The highest BCUT2D eigenvalue weighted by atomic mass is 16.8. The van der Waals surface area contributed by atoms with Gasteiger partial charge in [-0.15, -0.1) is 0 Å². The second-order valence-electron chi connectivity index (χ2n) is 25.2. The Balaban J connectivity index is 0.886. The van der Waals surface area contributed by atoms with Crippen LogP contribution in [-0.4, -0.2) is 398 Å². The molecule has 0 spiro atoms. The van der Waals surface area contributed by atoms with Gasteiger partial charge in [-0.25, -0.2) is 9.13 Å². The summed E-state index contributed by atoms with van der Waals surface area (Å²) in [5, 5.41) is 250. The molecule has 30 saturated heterocycles. The van der Waals surface area contributed by atoms with Gasteiger partial charge in [0.05, 0.1) is 39.6 Å². The highest BCUT2D eigenvalue weighted by molar-refractivity contribution is 5.03. The molecule has 30 fully saturated rings. The summed E-state index contributed by atoms with van der Waals surface area (Å²) in [6.07, 6.45) is -73.5. The standard InChI is InChI=1S/C58H88N2O38/c61-13-21-45-29(69)37(77)53(85-21)91-43-19(11-59-7-3-1-4-8-59)84-52(36(76)28(43)68)94-46-22(14-62)87-55(39(79)31(46)71)96-48-24(16-64)89-57(41(81)33(48)73)98-50-26(18-66)90-58(42(82)34(50)74)97-49-25(17-65)88-56(40(80)32(49)72)95-47-23(15-63)86-54(38(78)30(47)70)92-44-20(12-60-9-5-2-6-10-60)83-51(93-45)35(75)27(44)67/h1-10,19-58,61-82H,11-18H2/q+2/t19-,20-,21-,22-,23-,24-,25-,26-,27-,28-,29+,30-,31+,32-,33+,34-,35-,36+,37+,38-,39+,40-,41+,42-,43-,44-,45-,46-,47-,48-,49-,50-,51-,52-,53-,54-,55-,56-,57-,58-/m1/s1. The van der Waals surface area contributed by atoms with Crippen molar-refractivity contribution in [1.29, 1.82) is 0 Å². The van der Waals surface area contributed by atoms with Crippen molar-refractivity contribution >= 4 is 0 Å². The number of hydrogen-bond donors (Lipinski definition) is 22. The third-order valence-corrected chi connectivity index (χ3v) is 18.9. The predicted molar refractivity (Wildman–Crippen MR) is 300 cm³/mol. The summed E-state index contributed by atoms with van der Waals surface area (Å²) in [5.41, 5.74) is 0. The molecular weight excluding hydrogens is 1330 g/mol. The Bertz CT molecular complexity index is 2720. The van der Waals surface area contributed by atoms with Crippen molar-refractivity contribution in [3.05, 3.63) is 61.2 Å². The average Bonchev–Trinajstić information content (AvgIpc) is 0.780. The van der Waals surface area contributed by atoms with Crippen molar-refractivity contribution in [2.24, 2.45) is 0 Å². The normalized spacial score (nSPS) is 50.8. The summed E-state index contributed by atoms with van der Waals surface area (Å²) < 4.78 is 97.8. The van der Waals surface area contributed by atoms with E-state index < -0.39 is 285 Å². The zero-order valence-electron chi connectivity index (χ0n) is 51.8. The fourth-order valence-corrected chi connectivity index (χ4v) is 13.4.